The van der Waals surface area contributed by atoms with Gasteiger partial charge in [0.05, 0.1) is 11.4 Å². The summed E-state index contributed by atoms with van der Waals surface area (Å²) in [5.41, 5.74) is 11.2. The van der Waals surface area contributed by atoms with Crippen molar-refractivity contribution < 1.29 is 0 Å². The normalized spacial score (nSPS) is 10.9. The van der Waals surface area contributed by atoms with Gasteiger partial charge < -0.3 is 0 Å². The Kier molecular flexibility index (Phi) is 7.83. The third-order valence-electron chi connectivity index (χ3n) is 8.29. The summed E-state index contributed by atoms with van der Waals surface area (Å²) in [6, 6.07) is 55.5. The van der Waals surface area contributed by atoms with E-state index in [0.29, 0.717) is 17.5 Å². The number of hydrogen-bond acceptors (Lipinski definition) is 5. The van der Waals surface area contributed by atoms with Gasteiger partial charge in [-0.05, 0) is 34.4 Å². The minimum atomic E-state index is 0.642. The van der Waals surface area contributed by atoms with Crippen LogP contribution < -0.4 is 0 Å². The van der Waals surface area contributed by atoms with E-state index in [1.807, 2.05) is 103 Å². The molecule has 8 aromatic rings. The van der Waals surface area contributed by atoms with Crippen LogP contribution in [0.15, 0.2) is 176 Å². The van der Waals surface area contributed by atoms with Crippen LogP contribution in [0.5, 0.6) is 0 Å². The predicted molar refractivity (Wildman–Crippen MR) is 193 cm³/mol. The zero-order chi connectivity index (χ0) is 32.1. The Bertz CT molecular complexity index is 2210. The standard InChI is InChI=1S/C43H29N5/c1-4-10-30(11-5-1)37-24-26-39(44-28-37)40-27-25-38(29-45-40)33-18-16-31(17-19-33)32-20-22-36(23-21-32)43-47-41(34-12-6-2-7-13-34)46-42(48-43)35-14-8-3-9-15-35/h1-29H. The molecule has 0 aliphatic carbocycles. The van der Waals surface area contributed by atoms with Crippen LogP contribution in [-0.2, 0) is 0 Å². The highest BCUT2D eigenvalue weighted by molar-refractivity contribution is 5.74. The highest BCUT2D eigenvalue weighted by Crippen LogP contribution is 2.29. The molecular weight excluding hydrogens is 587 g/mol. The van der Waals surface area contributed by atoms with Gasteiger partial charge in [0.1, 0.15) is 0 Å². The second kappa shape index (κ2) is 13.0. The van der Waals surface area contributed by atoms with Crippen molar-refractivity contribution in [2.24, 2.45) is 0 Å². The number of pyridine rings is 2. The molecule has 0 spiro atoms. The molecule has 0 saturated carbocycles. The van der Waals surface area contributed by atoms with E-state index in [9.17, 15) is 0 Å². The largest absolute Gasteiger partial charge is 0.254 e. The second-order valence-electron chi connectivity index (χ2n) is 11.4. The van der Waals surface area contributed by atoms with Crippen LogP contribution in [0.1, 0.15) is 0 Å². The smallest absolute Gasteiger partial charge is 0.164 e. The zero-order valence-electron chi connectivity index (χ0n) is 26.0. The molecule has 0 atom stereocenters. The van der Waals surface area contributed by atoms with Crippen molar-refractivity contribution in [3.63, 3.8) is 0 Å². The first-order valence-corrected chi connectivity index (χ1v) is 15.8. The summed E-state index contributed by atoms with van der Waals surface area (Å²) in [5.74, 6) is 1.95. The summed E-state index contributed by atoms with van der Waals surface area (Å²) >= 11 is 0. The van der Waals surface area contributed by atoms with E-state index in [0.717, 1.165) is 61.5 Å². The first-order chi connectivity index (χ1) is 23.8. The molecular formula is C43H29N5. The molecule has 5 aromatic carbocycles. The average Bonchev–Trinajstić information content (AvgIpc) is 3.19. The summed E-state index contributed by atoms with van der Waals surface area (Å²) in [6.07, 6.45) is 3.81. The molecule has 0 amide bonds. The summed E-state index contributed by atoms with van der Waals surface area (Å²) in [7, 11) is 0. The number of nitrogens with zero attached hydrogens (tertiary/aromatic N) is 5. The number of hydrogen-bond donors (Lipinski definition) is 0. The molecule has 5 nitrogen and oxygen atoms in total. The van der Waals surface area contributed by atoms with E-state index in [1.54, 1.807) is 0 Å². The molecule has 0 unspecified atom stereocenters. The van der Waals surface area contributed by atoms with Crippen LogP contribution in [0.2, 0.25) is 0 Å². The van der Waals surface area contributed by atoms with Crippen LogP contribution in [0.3, 0.4) is 0 Å². The maximum Gasteiger partial charge on any atom is 0.164 e. The van der Waals surface area contributed by atoms with Gasteiger partial charge in [-0.25, -0.2) is 15.0 Å². The van der Waals surface area contributed by atoms with Gasteiger partial charge in [0, 0.05) is 40.2 Å². The lowest BCUT2D eigenvalue weighted by Gasteiger charge is -2.09. The lowest BCUT2D eigenvalue weighted by atomic mass is 10.00. The van der Waals surface area contributed by atoms with Gasteiger partial charge in [-0.1, -0.05) is 152 Å². The summed E-state index contributed by atoms with van der Waals surface area (Å²) in [5, 5.41) is 0. The second-order valence-corrected chi connectivity index (χ2v) is 11.4. The fraction of sp³-hybridized carbons (Fsp3) is 0. The first kappa shape index (κ1) is 28.9. The third-order valence-corrected chi connectivity index (χ3v) is 8.29. The van der Waals surface area contributed by atoms with Crippen LogP contribution in [0.4, 0.5) is 0 Å². The fourth-order valence-electron chi connectivity index (χ4n) is 5.67. The monoisotopic (exact) mass is 615 g/mol. The molecule has 0 fully saturated rings. The fourth-order valence-corrected chi connectivity index (χ4v) is 5.67. The Morgan fingerprint density at radius 2 is 0.500 bits per heavy atom. The van der Waals surface area contributed by atoms with E-state index in [1.165, 1.54) is 0 Å². The van der Waals surface area contributed by atoms with Gasteiger partial charge in [-0.2, -0.15) is 0 Å². The average molecular weight is 616 g/mol. The Labute approximate surface area is 279 Å². The Morgan fingerprint density at radius 3 is 0.854 bits per heavy atom. The maximum absolute atomic E-state index is 4.86. The molecule has 0 saturated heterocycles. The van der Waals surface area contributed by atoms with Crippen molar-refractivity contribution in [1.29, 1.82) is 0 Å². The van der Waals surface area contributed by atoms with Crippen molar-refractivity contribution in [1.82, 2.24) is 24.9 Å². The first-order valence-electron chi connectivity index (χ1n) is 15.8. The summed E-state index contributed by atoms with van der Waals surface area (Å²) in [4.78, 5) is 23.9. The van der Waals surface area contributed by atoms with Crippen molar-refractivity contribution in [3.05, 3.63) is 176 Å². The molecule has 0 aliphatic heterocycles. The van der Waals surface area contributed by atoms with Crippen molar-refractivity contribution in [2.45, 2.75) is 0 Å². The maximum atomic E-state index is 4.86. The van der Waals surface area contributed by atoms with Gasteiger partial charge >= 0.3 is 0 Å². The van der Waals surface area contributed by atoms with E-state index in [-0.39, 0.29) is 0 Å². The summed E-state index contributed by atoms with van der Waals surface area (Å²) < 4.78 is 0. The molecule has 48 heavy (non-hydrogen) atoms. The van der Waals surface area contributed by atoms with Crippen molar-refractivity contribution >= 4 is 0 Å². The number of aromatic nitrogens is 5. The lowest BCUT2D eigenvalue weighted by molar-refractivity contribution is 1.07. The molecule has 8 rings (SSSR count). The Hall–Kier alpha value is -6.59. The highest BCUT2D eigenvalue weighted by Gasteiger charge is 2.12. The quantitative estimate of drug-likeness (QED) is 0.178. The highest BCUT2D eigenvalue weighted by atomic mass is 15.0. The molecule has 0 radical (unpaired) electrons. The van der Waals surface area contributed by atoms with E-state index >= 15 is 0 Å². The molecule has 0 N–H and O–H groups in total. The number of rotatable bonds is 7. The molecule has 226 valence electrons. The third kappa shape index (κ3) is 6.13. The summed E-state index contributed by atoms with van der Waals surface area (Å²) in [6.45, 7) is 0. The minimum absolute atomic E-state index is 0.642. The predicted octanol–water partition coefficient (Wildman–Crippen LogP) is 10.3. The lowest BCUT2D eigenvalue weighted by Crippen LogP contribution is -2.00. The minimum Gasteiger partial charge on any atom is -0.254 e. The topological polar surface area (TPSA) is 64.5 Å². The zero-order valence-corrected chi connectivity index (χ0v) is 26.0. The van der Waals surface area contributed by atoms with E-state index < -0.39 is 0 Å². The SMILES string of the molecule is c1ccc(-c2ccc(-c3ccc(-c4ccc(-c5ccc(-c6nc(-c7ccccc7)nc(-c7ccccc7)n6)cc5)cc4)cn3)nc2)cc1. The van der Waals surface area contributed by atoms with Crippen LogP contribution in [0.25, 0.3) is 78.9 Å². The molecule has 0 bridgehead atoms. The van der Waals surface area contributed by atoms with Crippen LogP contribution in [-0.4, -0.2) is 24.9 Å². The van der Waals surface area contributed by atoms with Gasteiger partial charge in [0.2, 0.25) is 0 Å². The Morgan fingerprint density at radius 1 is 0.229 bits per heavy atom. The van der Waals surface area contributed by atoms with Crippen molar-refractivity contribution in [3.8, 4) is 78.9 Å². The van der Waals surface area contributed by atoms with Gasteiger partial charge in [-0.3, -0.25) is 9.97 Å². The van der Waals surface area contributed by atoms with E-state index in [4.69, 9.17) is 19.9 Å². The van der Waals surface area contributed by atoms with E-state index in [2.05, 4.69) is 77.8 Å². The van der Waals surface area contributed by atoms with Gasteiger partial charge in [0.25, 0.3) is 0 Å². The van der Waals surface area contributed by atoms with Gasteiger partial charge in [0.15, 0.2) is 17.5 Å². The molecule has 5 heteroatoms. The molecule has 3 aromatic heterocycles. The van der Waals surface area contributed by atoms with Crippen LogP contribution in [0, 0.1) is 0 Å². The number of benzene rings is 5. The molecule has 0 aliphatic rings. The molecule has 3 heterocycles. The van der Waals surface area contributed by atoms with Crippen molar-refractivity contribution in [2.75, 3.05) is 0 Å². The van der Waals surface area contributed by atoms with Crippen LogP contribution >= 0.6 is 0 Å². The van der Waals surface area contributed by atoms with Gasteiger partial charge in [-0.15, -0.1) is 0 Å². The Balaban J connectivity index is 1.01.